The number of hydrazine groups is 1. The number of benzene rings is 1. The van der Waals surface area contributed by atoms with E-state index < -0.39 is 5.91 Å². The van der Waals surface area contributed by atoms with Gasteiger partial charge in [0.2, 0.25) is 0 Å². The van der Waals surface area contributed by atoms with Gasteiger partial charge in [0.05, 0.1) is 5.69 Å². The van der Waals surface area contributed by atoms with Crippen molar-refractivity contribution in [2.45, 2.75) is 13.5 Å². The number of amides is 1. The molecule has 0 spiro atoms. The minimum absolute atomic E-state index is 0.0204. The van der Waals surface area contributed by atoms with Gasteiger partial charge in [-0.3, -0.25) is 15.0 Å². The highest BCUT2D eigenvalue weighted by molar-refractivity contribution is 6.30. The summed E-state index contributed by atoms with van der Waals surface area (Å²) in [6, 6.07) is 10.3. The number of pyridine rings is 1. The summed E-state index contributed by atoms with van der Waals surface area (Å²) in [5, 5.41) is 0.623. The zero-order valence-electron chi connectivity index (χ0n) is 10.9. The average Bonchev–Trinajstić information content (AvgIpc) is 2.47. The van der Waals surface area contributed by atoms with Gasteiger partial charge in [-0.2, -0.15) is 0 Å². The third-order valence-electron chi connectivity index (χ3n) is 3.01. The molecule has 1 heterocycles. The van der Waals surface area contributed by atoms with Crippen LogP contribution in [0.25, 0.3) is 11.3 Å². The molecule has 0 saturated carbocycles. The van der Waals surface area contributed by atoms with E-state index in [2.05, 4.69) is 0 Å². The Morgan fingerprint density at radius 2 is 1.90 bits per heavy atom. The number of rotatable bonds is 3. The number of nitrogen functional groups attached to an aromatic ring is 1. The van der Waals surface area contributed by atoms with Crippen molar-refractivity contribution in [3.63, 3.8) is 0 Å². The molecule has 6 heteroatoms. The van der Waals surface area contributed by atoms with Crippen LogP contribution < -0.4 is 16.8 Å². The van der Waals surface area contributed by atoms with Crippen molar-refractivity contribution in [2.24, 2.45) is 5.84 Å². The van der Waals surface area contributed by atoms with E-state index in [1.807, 2.05) is 24.5 Å². The van der Waals surface area contributed by atoms with Gasteiger partial charge < -0.3 is 4.57 Å². The molecule has 0 saturated heterocycles. The highest BCUT2D eigenvalue weighted by atomic mass is 35.5. The van der Waals surface area contributed by atoms with Crippen molar-refractivity contribution in [2.75, 3.05) is 0 Å². The molecule has 3 N–H and O–H groups in total. The number of hydrogen-bond acceptors (Lipinski definition) is 3. The van der Waals surface area contributed by atoms with Crippen LogP contribution in [0.3, 0.4) is 0 Å². The van der Waals surface area contributed by atoms with E-state index in [1.165, 1.54) is 10.6 Å². The van der Waals surface area contributed by atoms with E-state index in [-0.39, 0.29) is 11.1 Å². The van der Waals surface area contributed by atoms with Gasteiger partial charge in [-0.25, -0.2) is 5.84 Å². The molecule has 0 fully saturated rings. The largest absolute Gasteiger partial charge is 0.308 e. The number of nitrogens with one attached hydrogen (secondary N) is 1. The number of carbonyl (C=O) groups is 1. The number of nitrogens with two attached hydrogens (primary N) is 1. The van der Waals surface area contributed by atoms with Gasteiger partial charge in [0.25, 0.3) is 11.5 Å². The number of halogens is 1. The monoisotopic (exact) mass is 291 g/mol. The molecule has 2 rings (SSSR count). The van der Waals surface area contributed by atoms with Crippen LogP contribution in [0.1, 0.15) is 17.3 Å². The van der Waals surface area contributed by atoms with Gasteiger partial charge in [-0.15, -0.1) is 0 Å². The molecule has 20 heavy (non-hydrogen) atoms. The van der Waals surface area contributed by atoms with Crippen molar-refractivity contribution in [3.05, 3.63) is 57.3 Å². The number of hydrogen-bond donors (Lipinski definition) is 2. The molecular weight excluding hydrogens is 278 g/mol. The summed E-state index contributed by atoms with van der Waals surface area (Å²) in [6.07, 6.45) is 0. The van der Waals surface area contributed by atoms with Crippen LogP contribution in [0.5, 0.6) is 0 Å². The van der Waals surface area contributed by atoms with Crippen molar-refractivity contribution < 1.29 is 4.79 Å². The molecule has 0 bridgehead atoms. The maximum Gasteiger partial charge on any atom is 0.270 e. The Morgan fingerprint density at radius 3 is 2.45 bits per heavy atom. The van der Waals surface area contributed by atoms with Gasteiger partial charge >= 0.3 is 0 Å². The summed E-state index contributed by atoms with van der Waals surface area (Å²) in [5.74, 6) is 4.47. The predicted octanol–water partition coefficient (Wildman–Crippen LogP) is 1.79. The topological polar surface area (TPSA) is 77.1 Å². The first-order valence-electron chi connectivity index (χ1n) is 6.09. The summed E-state index contributed by atoms with van der Waals surface area (Å²) in [5.41, 5.74) is 3.20. The molecule has 1 aromatic carbocycles. The average molecular weight is 292 g/mol. The number of nitrogens with zero attached hydrogens (tertiary/aromatic N) is 1. The molecule has 0 radical (unpaired) electrons. The maximum atomic E-state index is 12.3. The molecule has 0 aliphatic rings. The Hall–Kier alpha value is -2.11. The predicted molar refractivity (Wildman–Crippen MR) is 78.5 cm³/mol. The van der Waals surface area contributed by atoms with Crippen molar-refractivity contribution in [1.82, 2.24) is 9.99 Å². The lowest BCUT2D eigenvalue weighted by molar-refractivity contribution is 0.0951. The van der Waals surface area contributed by atoms with E-state index in [0.29, 0.717) is 11.6 Å². The molecule has 1 aromatic heterocycles. The second kappa shape index (κ2) is 5.90. The van der Waals surface area contributed by atoms with Crippen molar-refractivity contribution in [1.29, 1.82) is 0 Å². The van der Waals surface area contributed by atoms with E-state index in [9.17, 15) is 9.59 Å². The van der Waals surface area contributed by atoms with Gasteiger partial charge in [0.1, 0.15) is 5.56 Å². The SMILES string of the molecule is CCn1c(-c2ccc(Cl)cc2)ccc(C(=O)NN)c1=O. The van der Waals surface area contributed by atoms with Crippen LogP contribution in [0.2, 0.25) is 5.02 Å². The Bertz CT molecular complexity index is 693. The van der Waals surface area contributed by atoms with E-state index in [0.717, 1.165) is 11.3 Å². The first kappa shape index (κ1) is 14.3. The zero-order chi connectivity index (χ0) is 14.7. The number of carbonyl (C=O) groups excluding carboxylic acids is 1. The third-order valence-corrected chi connectivity index (χ3v) is 3.26. The zero-order valence-corrected chi connectivity index (χ0v) is 11.6. The fraction of sp³-hybridized carbons (Fsp3) is 0.143. The molecule has 0 unspecified atom stereocenters. The van der Waals surface area contributed by atoms with Crippen molar-refractivity contribution in [3.8, 4) is 11.3 Å². The summed E-state index contributed by atoms with van der Waals surface area (Å²) in [6.45, 7) is 2.29. The fourth-order valence-electron chi connectivity index (χ4n) is 2.02. The van der Waals surface area contributed by atoms with Gasteiger partial charge in [0, 0.05) is 11.6 Å². The first-order chi connectivity index (χ1) is 9.58. The second-order valence-electron chi connectivity index (χ2n) is 4.16. The summed E-state index contributed by atoms with van der Waals surface area (Å²) in [4.78, 5) is 23.8. The summed E-state index contributed by atoms with van der Waals surface area (Å²) >= 11 is 5.85. The first-order valence-corrected chi connectivity index (χ1v) is 6.47. The van der Waals surface area contributed by atoms with E-state index in [4.69, 9.17) is 17.4 Å². The Morgan fingerprint density at radius 1 is 1.25 bits per heavy atom. The summed E-state index contributed by atoms with van der Waals surface area (Å²) in [7, 11) is 0. The molecule has 2 aromatic rings. The van der Waals surface area contributed by atoms with Crippen LogP contribution in [-0.2, 0) is 6.54 Å². The minimum Gasteiger partial charge on any atom is -0.308 e. The van der Waals surface area contributed by atoms with Gasteiger partial charge in [-0.1, -0.05) is 23.7 Å². The highest BCUT2D eigenvalue weighted by Crippen LogP contribution is 2.20. The van der Waals surface area contributed by atoms with Gasteiger partial charge in [0.15, 0.2) is 0 Å². The van der Waals surface area contributed by atoms with Crippen LogP contribution in [0.4, 0.5) is 0 Å². The van der Waals surface area contributed by atoms with Gasteiger partial charge in [-0.05, 0) is 36.8 Å². The standard InChI is InChI=1S/C14H14ClN3O2/c1-2-18-12(9-3-5-10(15)6-4-9)8-7-11(14(18)20)13(19)17-16/h3-8H,2,16H2,1H3,(H,17,19). The lowest BCUT2D eigenvalue weighted by Crippen LogP contribution is -2.36. The molecule has 1 amide bonds. The molecule has 104 valence electrons. The number of aromatic nitrogens is 1. The van der Waals surface area contributed by atoms with Crippen LogP contribution >= 0.6 is 11.6 Å². The third kappa shape index (κ3) is 2.59. The van der Waals surface area contributed by atoms with Crippen molar-refractivity contribution >= 4 is 17.5 Å². The normalized spacial score (nSPS) is 10.3. The second-order valence-corrected chi connectivity index (χ2v) is 4.60. The van der Waals surface area contributed by atoms with E-state index in [1.54, 1.807) is 18.2 Å². The summed E-state index contributed by atoms with van der Waals surface area (Å²) < 4.78 is 1.52. The quantitative estimate of drug-likeness (QED) is 0.514. The highest BCUT2D eigenvalue weighted by Gasteiger charge is 2.14. The Labute approximate surface area is 120 Å². The molecule has 5 nitrogen and oxygen atoms in total. The van der Waals surface area contributed by atoms with Crippen LogP contribution in [0, 0.1) is 0 Å². The maximum absolute atomic E-state index is 12.3. The molecule has 0 aliphatic carbocycles. The Kier molecular flexibility index (Phi) is 4.22. The minimum atomic E-state index is -0.597. The van der Waals surface area contributed by atoms with E-state index >= 15 is 0 Å². The lowest BCUT2D eigenvalue weighted by Gasteiger charge is -2.12. The molecular formula is C14H14ClN3O2. The smallest absolute Gasteiger partial charge is 0.270 e. The lowest BCUT2D eigenvalue weighted by atomic mass is 10.1. The fourth-order valence-corrected chi connectivity index (χ4v) is 2.14. The molecule has 0 aliphatic heterocycles. The Balaban J connectivity index is 2.61. The van der Waals surface area contributed by atoms with Crippen LogP contribution in [0.15, 0.2) is 41.2 Å². The van der Waals surface area contributed by atoms with Crippen LogP contribution in [-0.4, -0.2) is 10.5 Å². The molecule has 0 atom stereocenters.